The van der Waals surface area contributed by atoms with E-state index in [-0.39, 0.29) is 6.17 Å². The fourth-order valence-electron chi connectivity index (χ4n) is 6.79. The normalized spacial score (nSPS) is 14.8. The van der Waals surface area contributed by atoms with Crippen molar-refractivity contribution in [3.8, 4) is 16.8 Å². The number of rotatable bonds is 4. The second-order valence-corrected chi connectivity index (χ2v) is 11.3. The Morgan fingerprint density at radius 3 is 1.73 bits per heavy atom. The molecule has 9 rings (SSSR count). The number of benzene rings is 6. The summed E-state index contributed by atoms with van der Waals surface area (Å²) < 4.78 is 4.72. The van der Waals surface area contributed by atoms with Gasteiger partial charge >= 0.3 is 0 Å². The van der Waals surface area contributed by atoms with Crippen LogP contribution in [0.5, 0.6) is 0 Å². The first-order chi connectivity index (χ1) is 21.8. The Kier molecular flexibility index (Phi) is 5.53. The SMILES string of the molecule is C1=NC(c2ccccc2)=CNC1n1c2ccccc2c2cc(-c3ccc4c(c3)c3ccccc3n4-c3ccccc3)ccc21. The minimum Gasteiger partial charge on any atom is -0.365 e. The van der Waals surface area contributed by atoms with Gasteiger partial charge in [0.2, 0.25) is 0 Å². The monoisotopic (exact) mass is 564 g/mol. The van der Waals surface area contributed by atoms with Gasteiger partial charge in [-0.25, -0.2) is 0 Å². The van der Waals surface area contributed by atoms with Crippen molar-refractivity contribution in [1.29, 1.82) is 0 Å². The van der Waals surface area contributed by atoms with Crippen LogP contribution in [-0.2, 0) is 0 Å². The number of aliphatic imine (C=N–C) groups is 1. The van der Waals surface area contributed by atoms with E-state index in [4.69, 9.17) is 4.99 Å². The van der Waals surface area contributed by atoms with Crippen LogP contribution < -0.4 is 5.32 Å². The molecule has 0 spiro atoms. The molecule has 1 N–H and O–H groups in total. The summed E-state index contributed by atoms with van der Waals surface area (Å²) in [5.74, 6) is 0. The lowest BCUT2D eigenvalue weighted by atomic mass is 10.0. The fraction of sp³-hybridized carbons (Fsp3) is 0.0250. The molecular weight excluding hydrogens is 536 g/mol. The zero-order valence-electron chi connectivity index (χ0n) is 23.9. The van der Waals surface area contributed by atoms with Crippen molar-refractivity contribution in [3.63, 3.8) is 0 Å². The lowest BCUT2D eigenvalue weighted by Gasteiger charge is -2.22. The second kappa shape index (κ2) is 9.85. The van der Waals surface area contributed by atoms with Crippen molar-refractivity contribution in [2.75, 3.05) is 0 Å². The number of aromatic nitrogens is 2. The van der Waals surface area contributed by atoms with Crippen molar-refractivity contribution in [1.82, 2.24) is 14.5 Å². The molecule has 1 atom stereocenters. The van der Waals surface area contributed by atoms with Crippen LogP contribution in [0.25, 0.3) is 66.1 Å². The van der Waals surface area contributed by atoms with Crippen LogP contribution in [0.2, 0.25) is 0 Å². The van der Waals surface area contributed by atoms with E-state index >= 15 is 0 Å². The topological polar surface area (TPSA) is 34.2 Å². The predicted molar refractivity (Wildman–Crippen MR) is 184 cm³/mol. The first-order valence-electron chi connectivity index (χ1n) is 15.0. The third kappa shape index (κ3) is 3.81. The number of para-hydroxylation sites is 3. The van der Waals surface area contributed by atoms with Crippen molar-refractivity contribution in [2.24, 2.45) is 4.99 Å². The van der Waals surface area contributed by atoms with Gasteiger partial charge in [-0.05, 0) is 59.7 Å². The number of hydrogen-bond donors (Lipinski definition) is 1. The van der Waals surface area contributed by atoms with E-state index in [2.05, 4.69) is 142 Å². The Morgan fingerprint density at radius 2 is 1.02 bits per heavy atom. The molecule has 0 saturated heterocycles. The molecule has 0 amide bonds. The molecular formula is C40H28N4. The van der Waals surface area contributed by atoms with Gasteiger partial charge in [-0.2, -0.15) is 0 Å². The van der Waals surface area contributed by atoms with Crippen LogP contribution in [-0.4, -0.2) is 15.3 Å². The molecule has 0 aliphatic carbocycles. The van der Waals surface area contributed by atoms with Gasteiger partial charge in [0, 0.05) is 45.2 Å². The van der Waals surface area contributed by atoms with Crippen LogP contribution in [0.4, 0.5) is 0 Å². The summed E-state index contributed by atoms with van der Waals surface area (Å²) in [6.07, 6.45) is 3.95. The quantitative estimate of drug-likeness (QED) is 0.227. The zero-order valence-corrected chi connectivity index (χ0v) is 23.9. The molecule has 4 heteroatoms. The molecule has 44 heavy (non-hydrogen) atoms. The smallest absolute Gasteiger partial charge is 0.140 e. The van der Waals surface area contributed by atoms with Gasteiger partial charge in [0.15, 0.2) is 0 Å². The minimum atomic E-state index is -0.0869. The molecule has 2 aromatic heterocycles. The fourth-order valence-corrected chi connectivity index (χ4v) is 6.79. The Hall–Kier alpha value is -5.87. The highest BCUT2D eigenvalue weighted by molar-refractivity contribution is 6.12. The maximum Gasteiger partial charge on any atom is 0.140 e. The zero-order chi connectivity index (χ0) is 29.0. The van der Waals surface area contributed by atoms with E-state index in [1.54, 1.807) is 0 Å². The Labute approximate surface area is 254 Å². The van der Waals surface area contributed by atoms with Gasteiger partial charge in [-0.3, -0.25) is 4.99 Å². The number of nitrogens with one attached hydrogen (secondary N) is 1. The molecule has 6 aromatic carbocycles. The summed E-state index contributed by atoms with van der Waals surface area (Å²) in [5, 5.41) is 8.59. The average Bonchev–Trinajstić information content (AvgIpc) is 3.61. The first kappa shape index (κ1) is 24.7. The summed E-state index contributed by atoms with van der Waals surface area (Å²) >= 11 is 0. The van der Waals surface area contributed by atoms with Gasteiger partial charge in [0.25, 0.3) is 0 Å². The Morgan fingerprint density at radius 1 is 0.477 bits per heavy atom. The number of fused-ring (bicyclic) bond motifs is 6. The first-order valence-corrected chi connectivity index (χ1v) is 15.0. The molecule has 8 aromatic rings. The van der Waals surface area contributed by atoms with E-state index in [1.165, 1.54) is 60.4 Å². The summed E-state index contributed by atoms with van der Waals surface area (Å²) in [6, 6.07) is 52.0. The van der Waals surface area contributed by atoms with E-state index in [0.29, 0.717) is 0 Å². The lowest BCUT2D eigenvalue weighted by molar-refractivity contribution is 0.623. The molecule has 0 bridgehead atoms. The Balaban J connectivity index is 1.17. The second-order valence-electron chi connectivity index (χ2n) is 11.3. The minimum absolute atomic E-state index is 0.0869. The van der Waals surface area contributed by atoms with Gasteiger partial charge in [-0.1, -0.05) is 97.1 Å². The van der Waals surface area contributed by atoms with E-state index in [9.17, 15) is 0 Å². The van der Waals surface area contributed by atoms with Crippen molar-refractivity contribution in [3.05, 3.63) is 157 Å². The largest absolute Gasteiger partial charge is 0.365 e. The average molecular weight is 565 g/mol. The maximum absolute atomic E-state index is 4.84. The highest BCUT2D eigenvalue weighted by Crippen LogP contribution is 2.38. The van der Waals surface area contributed by atoms with Crippen LogP contribution in [0, 0.1) is 0 Å². The molecule has 0 saturated carbocycles. The van der Waals surface area contributed by atoms with E-state index in [0.717, 1.165) is 11.3 Å². The molecule has 1 aliphatic heterocycles. The van der Waals surface area contributed by atoms with Gasteiger partial charge < -0.3 is 14.5 Å². The third-order valence-corrected chi connectivity index (χ3v) is 8.82. The standard InChI is InChI=1S/C40H28N4/c1-3-11-27(12-4-1)35-25-42-40(26-41-35)44-37-18-10-8-16-32(37)34-24-29(20-22-39(34)44)28-19-21-38-33(23-28)31-15-7-9-17-36(31)43(38)30-13-5-2-6-14-30/h1-26,40,42H. The number of hydrogen-bond acceptors (Lipinski definition) is 2. The molecule has 1 aliphatic rings. The lowest BCUT2D eigenvalue weighted by Crippen LogP contribution is -2.26. The van der Waals surface area contributed by atoms with Crippen molar-refractivity contribution < 1.29 is 0 Å². The predicted octanol–water partition coefficient (Wildman–Crippen LogP) is 9.73. The highest BCUT2D eigenvalue weighted by Gasteiger charge is 2.20. The van der Waals surface area contributed by atoms with Crippen LogP contribution in [0.1, 0.15) is 11.7 Å². The van der Waals surface area contributed by atoms with Crippen molar-refractivity contribution >= 4 is 55.5 Å². The number of nitrogens with zero attached hydrogens (tertiary/aromatic N) is 3. The van der Waals surface area contributed by atoms with E-state index < -0.39 is 0 Å². The van der Waals surface area contributed by atoms with Gasteiger partial charge in [0.05, 0.1) is 27.8 Å². The van der Waals surface area contributed by atoms with Crippen molar-refractivity contribution in [2.45, 2.75) is 6.17 Å². The van der Waals surface area contributed by atoms with E-state index in [1.807, 2.05) is 30.6 Å². The molecule has 208 valence electrons. The van der Waals surface area contributed by atoms with Crippen LogP contribution >= 0.6 is 0 Å². The highest BCUT2D eigenvalue weighted by atomic mass is 15.2. The molecule has 4 nitrogen and oxygen atoms in total. The van der Waals surface area contributed by atoms with Gasteiger partial charge in [0.1, 0.15) is 6.17 Å². The summed E-state index contributed by atoms with van der Waals surface area (Å²) in [4.78, 5) is 4.84. The summed E-state index contributed by atoms with van der Waals surface area (Å²) in [7, 11) is 0. The Bertz CT molecular complexity index is 2410. The molecule has 3 heterocycles. The molecule has 0 fully saturated rings. The van der Waals surface area contributed by atoms with Crippen LogP contribution in [0.3, 0.4) is 0 Å². The third-order valence-electron chi connectivity index (χ3n) is 8.82. The molecule has 0 radical (unpaired) electrons. The molecule has 1 unspecified atom stereocenters. The maximum atomic E-state index is 4.84. The summed E-state index contributed by atoms with van der Waals surface area (Å²) in [6.45, 7) is 0. The van der Waals surface area contributed by atoms with Crippen LogP contribution in [0.15, 0.2) is 157 Å². The summed E-state index contributed by atoms with van der Waals surface area (Å²) in [5.41, 5.74) is 10.4. The van der Waals surface area contributed by atoms with Gasteiger partial charge in [-0.15, -0.1) is 0 Å².